The fraction of sp³-hybridized carbons (Fsp3) is 0.435. The molecule has 0 heterocycles. The molecule has 0 saturated carbocycles. The van der Waals surface area contributed by atoms with Crippen molar-refractivity contribution in [3.8, 4) is 17.2 Å². The van der Waals surface area contributed by atoms with Crippen LogP contribution in [-0.4, -0.2) is 25.7 Å². The second-order valence-electron chi connectivity index (χ2n) is 6.32. The number of benzene rings is 2. The first kappa shape index (κ1) is 21.6. The van der Waals surface area contributed by atoms with Gasteiger partial charge in [0.25, 0.3) is 5.91 Å². The molecule has 1 amide bonds. The molecule has 0 aromatic heterocycles. The fourth-order valence-corrected chi connectivity index (χ4v) is 2.94. The van der Waals surface area contributed by atoms with Crippen LogP contribution in [0, 0.1) is 0 Å². The Kier molecular flexibility index (Phi) is 8.66. The Morgan fingerprint density at radius 3 is 2.07 bits per heavy atom. The van der Waals surface area contributed by atoms with Crippen molar-refractivity contribution in [3.05, 3.63) is 47.5 Å². The molecule has 1 N–H and O–H groups in total. The molecule has 0 bridgehead atoms. The lowest BCUT2D eigenvalue weighted by atomic mass is 10.1. The van der Waals surface area contributed by atoms with Gasteiger partial charge in [-0.25, -0.2) is 0 Å². The van der Waals surface area contributed by atoms with Crippen LogP contribution in [0.3, 0.4) is 0 Å². The molecule has 2 aromatic rings. The third-order valence-corrected chi connectivity index (χ3v) is 4.24. The highest BCUT2D eigenvalue weighted by molar-refractivity contribution is 6.05. The third-order valence-electron chi connectivity index (χ3n) is 4.24. The Morgan fingerprint density at radius 1 is 0.893 bits per heavy atom. The predicted octanol–water partition coefficient (Wildman–Crippen LogP) is 5.48. The Labute approximate surface area is 168 Å². The Balaban J connectivity index is 2.34. The first-order valence-corrected chi connectivity index (χ1v) is 10.1. The number of hydrogen-bond donors (Lipinski definition) is 1. The van der Waals surface area contributed by atoms with E-state index in [-0.39, 0.29) is 5.91 Å². The number of hydrogen-bond acceptors (Lipinski definition) is 4. The highest BCUT2D eigenvalue weighted by Gasteiger charge is 2.19. The van der Waals surface area contributed by atoms with Gasteiger partial charge >= 0.3 is 0 Å². The summed E-state index contributed by atoms with van der Waals surface area (Å²) in [7, 11) is 0. The van der Waals surface area contributed by atoms with Gasteiger partial charge in [0, 0.05) is 11.3 Å². The predicted molar refractivity (Wildman–Crippen MR) is 113 cm³/mol. The third kappa shape index (κ3) is 5.65. The van der Waals surface area contributed by atoms with Crippen LogP contribution >= 0.6 is 0 Å². The van der Waals surface area contributed by atoms with Gasteiger partial charge in [-0.1, -0.05) is 31.5 Å². The fourth-order valence-electron chi connectivity index (χ4n) is 2.94. The summed E-state index contributed by atoms with van der Waals surface area (Å²) in [5.74, 6) is 1.36. The molecule has 0 aliphatic heterocycles. The first-order valence-electron chi connectivity index (χ1n) is 10.1. The van der Waals surface area contributed by atoms with Crippen LogP contribution in [0.25, 0.3) is 0 Å². The molecule has 28 heavy (non-hydrogen) atoms. The number of carbonyl (C=O) groups excluding carboxylic acids is 1. The number of carbonyl (C=O) groups is 1. The van der Waals surface area contributed by atoms with E-state index in [9.17, 15) is 4.79 Å². The minimum atomic E-state index is -0.200. The molecule has 0 spiro atoms. The maximum absolute atomic E-state index is 13.0. The number of amides is 1. The Hall–Kier alpha value is -2.69. The maximum Gasteiger partial charge on any atom is 0.255 e. The number of unbranched alkanes of at least 4 members (excludes halogenated alkanes) is 1. The topological polar surface area (TPSA) is 56.8 Å². The van der Waals surface area contributed by atoms with E-state index in [4.69, 9.17) is 14.2 Å². The molecule has 0 atom stereocenters. The molecule has 0 unspecified atom stereocenters. The van der Waals surface area contributed by atoms with Gasteiger partial charge in [0.05, 0.1) is 19.8 Å². The van der Waals surface area contributed by atoms with Gasteiger partial charge in [0.15, 0.2) is 11.5 Å². The lowest BCUT2D eigenvalue weighted by Gasteiger charge is -2.17. The summed E-state index contributed by atoms with van der Waals surface area (Å²) in [5.41, 5.74) is 2.45. The second kappa shape index (κ2) is 11.2. The molecule has 2 aromatic carbocycles. The molecule has 152 valence electrons. The normalized spacial score (nSPS) is 10.4. The molecule has 0 saturated heterocycles. The molecule has 2 rings (SSSR count). The van der Waals surface area contributed by atoms with Gasteiger partial charge in [-0.2, -0.15) is 0 Å². The van der Waals surface area contributed by atoms with Gasteiger partial charge in [-0.15, -0.1) is 0 Å². The number of rotatable bonds is 11. The van der Waals surface area contributed by atoms with Crippen LogP contribution in [0.15, 0.2) is 36.4 Å². The second-order valence-corrected chi connectivity index (χ2v) is 6.32. The highest BCUT2D eigenvalue weighted by atomic mass is 16.5. The number of nitrogens with one attached hydrogen (secondary N) is 1. The quantitative estimate of drug-likeness (QED) is 0.557. The summed E-state index contributed by atoms with van der Waals surface area (Å²) in [6.07, 6.45) is 3.13. The number of anilines is 1. The van der Waals surface area contributed by atoms with E-state index >= 15 is 0 Å². The van der Waals surface area contributed by atoms with Crippen molar-refractivity contribution in [2.24, 2.45) is 0 Å². The molecular weight excluding hydrogens is 354 g/mol. The maximum atomic E-state index is 13.0. The van der Waals surface area contributed by atoms with E-state index in [1.807, 2.05) is 39.0 Å². The summed E-state index contributed by atoms with van der Waals surface area (Å²) >= 11 is 0. The van der Waals surface area contributed by atoms with E-state index in [2.05, 4.69) is 18.3 Å². The van der Waals surface area contributed by atoms with Crippen LogP contribution in [0.5, 0.6) is 17.2 Å². The SMILES string of the molecule is CCCCc1ccccc1NC(=O)c1cc(OCC)c(OCC)c(OCC)c1. The van der Waals surface area contributed by atoms with E-state index in [1.54, 1.807) is 12.1 Å². The van der Waals surface area contributed by atoms with Crippen LogP contribution in [0.4, 0.5) is 5.69 Å². The summed E-state index contributed by atoms with van der Waals surface area (Å²) < 4.78 is 17.1. The van der Waals surface area contributed by atoms with E-state index in [1.165, 1.54) is 0 Å². The smallest absolute Gasteiger partial charge is 0.255 e. The zero-order valence-corrected chi connectivity index (χ0v) is 17.3. The van der Waals surface area contributed by atoms with Crippen molar-refractivity contribution >= 4 is 11.6 Å². The number of aryl methyl sites for hydroxylation is 1. The van der Waals surface area contributed by atoms with Crippen LogP contribution in [-0.2, 0) is 6.42 Å². The van der Waals surface area contributed by atoms with Crippen molar-refractivity contribution in [1.29, 1.82) is 0 Å². The average Bonchev–Trinajstić information content (AvgIpc) is 2.70. The Morgan fingerprint density at radius 2 is 1.50 bits per heavy atom. The summed E-state index contributed by atoms with van der Waals surface area (Å²) in [5, 5.41) is 3.03. The van der Waals surface area contributed by atoms with Crippen molar-refractivity contribution < 1.29 is 19.0 Å². The van der Waals surface area contributed by atoms with Gasteiger partial charge in [-0.3, -0.25) is 4.79 Å². The molecule has 0 aliphatic carbocycles. The minimum absolute atomic E-state index is 0.200. The lowest BCUT2D eigenvalue weighted by Crippen LogP contribution is -2.14. The zero-order valence-electron chi connectivity index (χ0n) is 17.3. The molecule has 0 radical (unpaired) electrons. The van der Waals surface area contributed by atoms with Crippen molar-refractivity contribution in [2.45, 2.75) is 47.0 Å². The van der Waals surface area contributed by atoms with Gasteiger partial charge in [-0.05, 0) is 57.4 Å². The summed E-state index contributed by atoms with van der Waals surface area (Å²) in [4.78, 5) is 13.0. The van der Waals surface area contributed by atoms with Crippen molar-refractivity contribution in [3.63, 3.8) is 0 Å². The van der Waals surface area contributed by atoms with E-state index < -0.39 is 0 Å². The molecular formula is C23H31NO4. The van der Waals surface area contributed by atoms with E-state index in [0.29, 0.717) is 42.6 Å². The van der Waals surface area contributed by atoms with Crippen molar-refractivity contribution in [1.82, 2.24) is 0 Å². The van der Waals surface area contributed by atoms with Crippen LogP contribution in [0.2, 0.25) is 0 Å². The summed E-state index contributed by atoms with van der Waals surface area (Å²) in [6, 6.07) is 11.3. The minimum Gasteiger partial charge on any atom is -0.490 e. The average molecular weight is 386 g/mol. The monoisotopic (exact) mass is 385 g/mol. The highest BCUT2D eigenvalue weighted by Crippen LogP contribution is 2.39. The summed E-state index contributed by atoms with van der Waals surface area (Å²) in [6.45, 7) is 9.27. The zero-order chi connectivity index (χ0) is 20.4. The molecule has 0 fully saturated rings. The lowest BCUT2D eigenvalue weighted by molar-refractivity contribution is 0.102. The molecule has 5 heteroatoms. The van der Waals surface area contributed by atoms with E-state index in [0.717, 1.165) is 30.5 Å². The number of para-hydroxylation sites is 1. The standard InChI is InChI=1S/C23H31NO4/c1-5-9-12-17-13-10-11-14-19(17)24-23(25)18-15-20(26-6-2)22(28-8-4)21(16-18)27-7-3/h10-11,13-16H,5-9,12H2,1-4H3,(H,24,25). The van der Waals surface area contributed by atoms with Gasteiger partial charge in [0.2, 0.25) is 5.75 Å². The first-order chi connectivity index (χ1) is 13.6. The van der Waals surface area contributed by atoms with Gasteiger partial charge < -0.3 is 19.5 Å². The largest absolute Gasteiger partial charge is 0.490 e. The molecule has 5 nitrogen and oxygen atoms in total. The van der Waals surface area contributed by atoms with Crippen molar-refractivity contribution in [2.75, 3.05) is 25.1 Å². The number of ether oxygens (including phenoxy) is 3. The van der Waals surface area contributed by atoms with Crippen LogP contribution < -0.4 is 19.5 Å². The van der Waals surface area contributed by atoms with Crippen LogP contribution in [0.1, 0.15) is 56.5 Å². The van der Waals surface area contributed by atoms with Gasteiger partial charge in [0.1, 0.15) is 0 Å². The molecule has 0 aliphatic rings. The Bertz CT molecular complexity index is 746.